The Morgan fingerprint density at radius 2 is 1.38 bits per heavy atom. The first-order chi connectivity index (χ1) is 9.84. The molecule has 2 aromatic carbocycles. The molecule has 0 bridgehead atoms. The number of ketones is 1. The SMILES string of the molecule is O=C(O)c1ccccc1C(=O)c1cc(F)c(F)c(F)c1F. The number of aromatic carboxylic acids is 1. The van der Waals surface area contributed by atoms with Crippen molar-refractivity contribution in [3.05, 3.63) is 70.3 Å². The summed E-state index contributed by atoms with van der Waals surface area (Å²) < 4.78 is 52.6. The van der Waals surface area contributed by atoms with Crippen LogP contribution in [0.1, 0.15) is 26.3 Å². The van der Waals surface area contributed by atoms with Crippen LogP contribution in [0.3, 0.4) is 0 Å². The fourth-order valence-electron chi connectivity index (χ4n) is 1.75. The molecule has 7 heteroatoms. The van der Waals surface area contributed by atoms with E-state index in [2.05, 4.69) is 0 Å². The zero-order chi connectivity index (χ0) is 15.7. The number of hydrogen-bond donors (Lipinski definition) is 1. The molecule has 0 radical (unpaired) electrons. The van der Waals surface area contributed by atoms with E-state index < -0.39 is 51.7 Å². The van der Waals surface area contributed by atoms with Gasteiger partial charge in [-0.25, -0.2) is 22.4 Å². The molecule has 0 unspecified atom stereocenters. The highest BCUT2D eigenvalue weighted by Crippen LogP contribution is 2.22. The quantitative estimate of drug-likeness (QED) is 0.410. The summed E-state index contributed by atoms with van der Waals surface area (Å²) in [6.07, 6.45) is 0. The fourth-order valence-corrected chi connectivity index (χ4v) is 1.75. The minimum Gasteiger partial charge on any atom is -0.478 e. The van der Waals surface area contributed by atoms with Crippen LogP contribution in [0.25, 0.3) is 0 Å². The van der Waals surface area contributed by atoms with Gasteiger partial charge in [0.25, 0.3) is 0 Å². The first-order valence-electron chi connectivity index (χ1n) is 5.54. The van der Waals surface area contributed by atoms with Crippen molar-refractivity contribution >= 4 is 11.8 Å². The average Bonchev–Trinajstić information content (AvgIpc) is 2.48. The van der Waals surface area contributed by atoms with Crippen molar-refractivity contribution in [2.24, 2.45) is 0 Å². The van der Waals surface area contributed by atoms with Crippen LogP contribution in [0.2, 0.25) is 0 Å². The highest BCUT2D eigenvalue weighted by atomic mass is 19.2. The van der Waals surface area contributed by atoms with E-state index in [4.69, 9.17) is 5.11 Å². The van der Waals surface area contributed by atoms with Gasteiger partial charge in [-0.1, -0.05) is 18.2 Å². The summed E-state index contributed by atoms with van der Waals surface area (Å²) in [5.74, 6) is -10.5. The van der Waals surface area contributed by atoms with Crippen molar-refractivity contribution in [3.63, 3.8) is 0 Å². The molecule has 0 amide bonds. The lowest BCUT2D eigenvalue weighted by Crippen LogP contribution is -2.13. The molecule has 1 N–H and O–H groups in total. The number of carboxylic acid groups (broad SMARTS) is 1. The molecular weight excluding hydrogens is 292 g/mol. The topological polar surface area (TPSA) is 54.4 Å². The van der Waals surface area contributed by atoms with Crippen LogP contribution in [0.5, 0.6) is 0 Å². The predicted molar refractivity (Wildman–Crippen MR) is 63.1 cm³/mol. The first-order valence-corrected chi connectivity index (χ1v) is 5.54. The Hall–Kier alpha value is -2.70. The monoisotopic (exact) mass is 298 g/mol. The zero-order valence-corrected chi connectivity index (χ0v) is 10.2. The van der Waals surface area contributed by atoms with Crippen LogP contribution in [0, 0.1) is 23.3 Å². The first kappa shape index (κ1) is 14.7. The van der Waals surface area contributed by atoms with E-state index >= 15 is 0 Å². The van der Waals surface area contributed by atoms with Crippen LogP contribution in [0.15, 0.2) is 30.3 Å². The van der Waals surface area contributed by atoms with Gasteiger partial charge in [-0.05, 0) is 12.1 Å². The van der Waals surface area contributed by atoms with Gasteiger partial charge in [0.05, 0.1) is 11.1 Å². The lowest BCUT2D eigenvalue weighted by molar-refractivity contribution is 0.0692. The van der Waals surface area contributed by atoms with E-state index in [0.29, 0.717) is 0 Å². The normalized spacial score (nSPS) is 10.5. The molecule has 0 heterocycles. The Kier molecular flexibility index (Phi) is 3.75. The molecule has 0 atom stereocenters. The molecule has 2 rings (SSSR count). The molecule has 0 aromatic heterocycles. The van der Waals surface area contributed by atoms with Crippen molar-refractivity contribution in [2.45, 2.75) is 0 Å². The molecule has 0 spiro atoms. The van der Waals surface area contributed by atoms with Crippen LogP contribution in [0.4, 0.5) is 17.6 Å². The lowest BCUT2D eigenvalue weighted by atomic mass is 9.97. The summed E-state index contributed by atoms with van der Waals surface area (Å²) in [4.78, 5) is 23.0. The number of rotatable bonds is 3. The van der Waals surface area contributed by atoms with Crippen molar-refractivity contribution in [1.29, 1.82) is 0 Å². The van der Waals surface area contributed by atoms with E-state index in [9.17, 15) is 27.2 Å². The van der Waals surface area contributed by atoms with Crippen LogP contribution in [-0.2, 0) is 0 Å². The van der Waals surface area contributed by atoms with Gasteiger partial charge in [-0.2, -0.15) is 0 Å². The lowest BCUT2D eigenvalue weighted by Gasteiger charge is -2.07. The average molecular weight is 298 g/mol. The van der Waals surface area contributed by atoms with Crippen LogP contribution < -0.4 is 0 Å². The second-order valence-corrected chi connectivity index (χ2v) is 4.03. The Morgan fingerprint density at radius 1 is 0.810 bits per heavy atom. The summed E-state index contributed by atoms with van der Waals surface area (Å²) in [6, 6.07) is 4.94. The van der Waals surface area contributed by atoms with Crippen molar-refractivity contribution in [2.75, 3.05) is 0 Å². The van der Waals surface area contributed by atoms with E-state index in [1.807, 2.05) is 0 Å². The standard InChI is InChI=1S/C14H6F4O3/c15-9-5-8(10(16)12(18)11(9)17)13(19)6-3-1-2-4-7(6)14(20)21/h1-5H,(H,20,21). The molecule has 21 heavy (non-hydrogen) atoms. The number of halogens is 4. The highest BCUT2D eigenvalue weighted by Gasteiger charge is 2.26. The van der Waals surface area contributed by atoms with E-state index in [-0.39, 0.29) is 6.07 Å². The maximum absolute atomic E-state index is 13.6. The van der Waals surface area contributed by atoms with E-state index in [0.717, 1.165) is 12.1 Å². The molecule has 0 saturated carbocycles. The molecule has 0 aliphatic rings. The second kappa shape index (κ2) is 5.35. The fraction of sp³-hybridized carbons (Fsp3) is 0. The number of hydrogen-bond acceptors (Lipinski definition) is 2. The van der Waals surface area contributed by atoms with Crippen molar-refractivity contribution < 1.29 is 32.3 Å². The molecule has 0 saturated heterocycles. The van der Waals surface area contributed by atoms with Gasteiger partial charge in [-0.15, -0.1) is 0 Å². The number of carbonyl (C=O) groups is 2. The summed E-state index contributed by atoms with van der Waals surface area (Å²) in [5.41, 5.74) is -2.01. The number of benzene rings is 2. The second-order valence-electron chi connectivity index (χ2n) is 4.03. The maximum atomic E-state index is 13.6. The minimum absolute atomic E-state index is 0.189. The Labute approximate surface area is 115 Å². The maximum Gasteiger partial charge on any atom is 0.336 e. The van der Waals surface area contributed by atoms with Crippen molar-refractivity contribution in [1.82, 2.24) is 0 Å². The minimum atomic E-state index is -2.13. The number of carboxylic acids is 1. The summed E-state index contributed by atoms with van der Waals surface area (Å²) in [7, 11) is 0. The molecular formula is C14H6F4O3. The van der Waals surface area contributed by atoms with E-state index in [1.54, 1.807) is 0 Å². The van der Waals surface area contributed by atoms with Gasteiger partial charge >= 0.3 is 5.97 Å². The molecule has 0 aliphatic heterocycles. The van der Waals surface area contributed by atoms with Crippen LogP contribution in [-0.4, -0.2) is 16.9 Å². The summed E-state index contributed by atoms with van der Waals surface area (Å²) >= 11 is 0. The largest absolute Gasteiger partial charge is 0.478 e. The smallest absolute Gasteiger partial charge is 0.336 e. The van der Waals surface area contributed by atoms with Gasteiger partial charge in [0.15, 0.2) is 29.1 Å². The van der Waals surface area contributed by atoms with Crippen LogP contribution >= 0.6 is 0 Å². The van der Waals surface area contributed by atoms with Crippen molar-refractivity contribution in [3.8, 4) is 0 Å². The molecule has 0 aliphatic carbocycles. The third-order valence-corrected chi connectivity index (χ3v) is 2.75. The van der Waals surface area contributed by atoms with Gasteiger partial charge in [0, 0.05) is 5.56 Å². The molecule has 0 fully saturated rings. The third-order valence-electron chi connectivity index (χ3n) is 2.75. The molecule has 2 aromatic rings. The van der Waals surface area contributed by atoms with Gasteiger partial charge in [-0.3, -0.25) is 4.79 Å². The predicted octanol–water partition coefficient (Wildman–Crippen LogP) is 3.17. The van der Waals surface area contributed by atoms with Gasteiger partial charge < -0.3 is 5.11 Å². The molecule has 108 valence electrons. The Morgan fingerprint density at radius 3 is 1.95 bits per heavy atom. The van der Waals surface area contributed by atoms with Gasteiger partial charge in [0.1, 0.15) is 0 Å². The zero-order valence-electron chi connectivity index (χ0n) is 10.2. The summed E-state index contributed by atoms with van der Waals surface area (Å²) in [6.45, 7) is 0. The van der Waals surface area contributed by atoms with E-state index in [1.165, 1.54) is 12.1 Å². The Bertz CT molecular complexity index is 756. The molecule has 3 nitrogen and oxygen atoms in total. The van der Waals surface area contributed by atoms with Gasteiger partial charge in [0.2, 0.25) is 0 Å². The number of carbonyl (C=O) groups excluding carboxylic acids is 1. The summed E-state index contributed by atoms with van der Waals surface area (Å²) in [5, 5.41) is 8.93. The Balaban J connectivity index is 2.64. The third kappa shape index (κ3) is 2.49. The highest BCUT2D eigenvalue weighted by molar-refractivity contribution is 6.14.